The monoisotopic (exact) mass is 432 g/mol. The Kier molecular flexibility index (Phi) is 5.75. The van der Waals surface area contributed by atoms with Crippen LogP contribution in [0.25, 0.3) is 0 Å². The van der Waals surface area contributed by atoms with Crippen LogP contribution in [0.4, 0.5) is 10.1 Å². The van der Waals surface area contributed by atoms with Crippen molar-refractivity contribution in [1.29, 1.82) is 0 Å². The molecule has 0 amide bonds. The van der Waals surface area contributed by atoms with Crippen LogP contribution in [-0.4, -0.2) is 35.9 Å². The fourth-order valence-electron chi connectivity index (χ4n) is 5.04. The average Bonchev–Trinajstić information content (AvgIpc) is 3.35. The summed E-state index contributed by atoms with van der Waals surface area (Å²) >= 11 is 0. The van der Waals surface area contributed by atoms with E-state index in [0.29, 0.717) is 0 Å². The summed E-state index contributed by atoms with van der Waals surface area (Å²) in [5.41, 5.74) is 4.33. The van der Waals surface area contributed by atoms with Gasteiger partial charge in [-0.3, -0.25) is 4.90 Å². The van der Waals surface area contributed by atoms with E-state index in [1.165, 1.54) is 25.0 Å². The molecule has 2 atom stereocenters. The van der Waals surface area contributed by atoms with E-state index in [-0.39, 0.29) is 23.8 Å². The lowest BCUT2D eigenvalue weighted by Crippen LogP contribution is -2.38. The van der Waals surface area contributed by atoms with Gasteiger partial charge < -0.3 is 14.7 Å². The Labute approximate surface area is 188 Å². The Hall–Kier alpha value is -3.05. The summed E-state index contributed by atoms with van der Waals surface area (Å²) in [6, 6.07) is 20.4. The van der Waals surface area contributed by atoms with Gasteiger partial charge in [-0.15, -0.1) is 0 Å². The first-order valence-electron chi connectivity index (χ1n) is 11.4. The fourth-order valence-corrected chi connectivity index (χ4v) is 5.04. The average molecular weight is 433 g/mol. The lowest BCUT2D eigenvalue weighted by molar-refractivity contribution is 0.0581. The number of ether oxygens (including phenoxy) is 1. The lowest BCUT2D eigenvalue weighted by Gasteiger charge is -2.40. The molecular formula is C27H29FN2O2. The molecule has 0 spiro atoms. The lowest BCUT2D eigenvalue weighted by atomic mass is 9.87. The maximum atomic E-state index is 13.6. The summed E-state index contributed by atoms with van der Waals surface area (Å²) in [7, 11) is 0. The minimum absolute atomic E-state index is 0.000741. The van der Waals surface area contributed by atoms with Gasteiger partial charge >= 0.3 is 0 Å². The molecule has 0 radical (unpaired) electrons. The van der Waals surface area contributed by atoms with Crippen LogP contribution in [-0.2, 0) is 6.42 Å². The normalized spacial score (nSPS) is 19.6. The number of fused-ring (bicyclic) bond motifs is 1. The first-order chi connectivity index (χ1) is 15.6. The molecule has 4 nitrogen and oxygen atoms in total. The van der Waals surface area contributed by atoms with Crippen LogP contribution in [0.2, 0.25) is 0 Å². The maximum Gasteiger partial charge on any atom is 0.149 e. The van der Waals surface area contributed by atoms with Crippen LogP contribution in [0.5, 0.6) is 11.5 Å². The summed E-state index contributed by atoms with van der Waals surface area (Å²) in [5, 5.41) is 10.1. The Balaban J connectivity index is 1.57. The summed E-state index contributed by atoms with van der Waals surface area (Å²) < 4.78 is 20.2. The van der Waals surface area contributed by atoms with E-state index < -0.39 is 0 Å². The Morgan fingerprint density at radius 1 is 0.938 bits per heavy atom. The minimum atomic E-state index is -0.240. The van der Waals surface area contributed by atoms with Crippen molar-refractivity contribution in [3.8, 4) is 11.5 Å². The van der Waals surface area contributed by atoms with Gasteiger partial charge in [0.15, 0.2) is 0 Å². The number of hydrogen-bond donors (Lipinski definition) is 1. The Morgan fingerprint density at radius 3 is 2.47 bits per heavy atom. The molecule has 3 aromatic carbocycles. The molecule has 2 aliphatic heterocycles. The number of para-hydroxylation sites is 1. The van der Waals surface area contributed by atoms with Gasteiger partial charge in [0.2, 0.25) is 0 Å². The second kappa shape index (κ2) is 8.83. The van der Waals surface area contributed by atoms with Crippen LogP contribution >= 0.6 is 0 Å². The number of aromatic hydroxyl groups is 1. The molecule has 1 N–H and O–H groups in total. The summed E-state index contributed by atoms with van der Waals surface area (Å²) in [6.45, 7) is 5.02. The number of nitrogens with zero attached hydrogens (tertiary/aromatic N) is 2. The van der Waals surface area contributed by atoms with Gasteiger partial charge in [0.25, 0.3) is 0 Å². The molecule has 1 saturated heterocycles. The zero-order chi connectivity index (χ0) is 22.1. The van der Waals surface area contributed by atoms with Crippen LogP contribution in [0.1, 0.15) is 42.5 Å². The van der Waals surface area contributed by atoms with Gasteiger partial charge in [-0.05, 0) is 79.8 Å². The van der Waals surface area contributed by atoms with Crippen molar-refractivity contribution >= 4 is 5.69 Å². The fraction of sp³-hybridized carbons (Fsp3) is 0.333. The highest BCUT2D eigenvalue weighted by Gasteiger charge is 2.32. The van der Waals surface area contributed by atoms with Crippen molar-refractivity contribution in [2.75, 3.05) is 24.5 Å². The van der Waals surface area contributed by atoms with E-state index in [1.54, 1.807) is 6.07 Å². The number of phenols is 1. The summed E-state index contributed by atoms with van der Waals surface area (Å²) in [5.74, 6) is 0.908. The molecule has 0 bridgehead atoms. The number of hydrogen-bond acceptors (Lipinski definition) is 4. The predicted octanol–water partition coefficient (Wildman–Crippen LogP) is 5.50. The second-order valence-corrected chi connectivity index (χ2v) is 8.70. The molecule has 1 fully saturated rings. The van der Waals surface area contributed by atoms with Crippen molar-refractivity contribution in [3.63, 3.8) is 0 Å². The SMILES string of the molecule is CC(Oc1ccccc1C1c2ccc(O)cc2CCN1c1ccc(F)cc1)N1CCCC1. The largest absolute Gasteiger partial charge is 0.508 e. The summed E-state index contributed by atoms with van der Waals surface area (Å²) in [6.07, 6.45) is 3.24. The highest BCUT2D eigenvalue weighted by molar-refractivity contribution is 5.58. The molecule has 5 heteroatoms. The Bertz CT molecular complexity index is 1080. The topological polar surface area (TPSA) is 35.9 Å². The molecule has 5 rings (SSSR count). The van der Waals surface area contributed by atoms with E-state index in [9.17, 15) is 9.50 Å². The third-order valence-electron chi connectivity index (χ3n) is 6.68. The van der Waals surface area contributed by atoms with E-state index in [4.69, 9.17) is 4.74 Å². The minimum Gasteiger partial charge on any atom is -0.508 e. The van der Waals surface area contributed by atoms with Crippen LogP contribution < -0.4 is 9.64 Å². The van der Waals surface area contributed by atoms with E-state index in [1.807, 2.05) is 42.5 Å². The molecule has 0 saturated carbocycles. The highest BCUT2D eigenvalue weighted by Crippen LogP contribution is 2.42. The van der Waals surface area contributed by atoms with Crippen molar-refractivity contribution in [2.45, 2.75) is 38.5 Å². The van der Waals surface area contributed by atoms with Crippen LogP contribution in [0.3, 0.4) is 0 Å². The van der Waals surface area contributed by atoms with Gasteiger partial charge in [0.05, 0.1) is 6.04 Å². The number of likely N-dealkylation sites (tertiary alicyclic amines) is 1. The first kappa shape index (κ1) is 20.8. The Morgan fingerprint density at radius 2 is 1.69 bits per heavy atom. The van der Waals surface area contributed by atoms with Crippen molar-refractivity contribution in [3.05, 3.63) is 89.2 Å². The van der Waals surface area contributed by atoms with Gasteiger partial charge in [-0.1, -0.05) is 24.3 Å². The number of benzene rings is 3. The molecule has 2 unspecified atom stereocenters. The first-order valence-corrected chi connectivity index (χ1v) is 11.4. The van der Waals surface area contributed by atoms with Gasteiger partial charge in [0, 0.05) is 30.9 Å². The van der Waals surface area contributed by atoms with Gasteiger partial charge in [0.1, 0.15) is 23.5 Å². The van der Waals surface area contributed by atoms with Crippen molar-refractivity contribution < 1.29 is 14.2 Å². The zero-order valence-corrected chi connectivity index (χ0v) is 18.4. The maximum absolute atomic E-state index is 13.6. The van der Waals surface area contributed by atoms with Gasteiger partial charge in [-0.2, -0.15) is 0 Å². The predicted molar refractivity (Wildman–Crippen MR) is 125 cm³/mol. The molecule has 0 aromatic heterocycles. The highest BCUT2D eigenvalue weighted by atomic mass is 19.1. The quantitative estimate of drug-likeness (QED) is 0.577. The molecule has 3 aromatic rings. The van der Waals surface area contributed by atoms with Crippen molar-refractivity contribution in [2.24, 2.45) is 0 Å². The van der Waals surface area contributed by atoms with Crippen LogP contribution in [0, 0.1) is 5.82 Å². The number of halogens is 1. The molecular weight excluding hydrogens is 403 g/mol. The number of phenolic OH excluding ortho intramolecular Hbond substituents is 1. The third-order valence-corrected chi connectivity index (χ3v) is 6.68. The third kappa shape index (κ3) is 4.05. The second-order valence-electron chi connectivity index (χ2n) is 8.70. The van der Waals surface area contributed by atoms with Crippen LogP contribution in [0.15, 0.2) is 66.7 Å². The van der Waals surface area contributed by atoms with Gasteiger partial charge in [-0.25, -0.2) is 4.39 Å². The van der Waals surface area contributed by atoms with E-state index in [2.05, 4.69) is 22.8 Å². The van der Waals surface area contributed by atoms with E-state index >= 15 is 0 Å². The molecule has 32 heavy (non-hydrogen) atoms. The molecule has 2 aliphatic rings. The molecule has 0 aliphatic carbocycles. The standard InChI is InChI=1S/C27H29FN2O2/c1-19(29-15-4-5-16-29)32-26-7-3-2-6-25(26)27-24-13-12-23(31)18-20(24)14-17-30(27)22-10-8-21(28)9-11-22/h2-3,6-13,18-19,27,31H,4-5,14-17H2,1H3. The summed E-state index contributed by atoms with van der Waals surface area (Å²) in [4.78, 5) is 4.68. The molecule has 166 valence electrons. The number of anilines is 1. The smallest absolute Gasteiger partial charge is 0.149 e. The van der Waals surface area contributed by atoms with E-state index in [0.717, 1.165) is 54.2 Å². The van der Waals surface area contributed by atoms with Crippen molar-refractivity contribution in [1.82, 2.24) is 4.90 Å². The molecule has 2 heterocycles. The number of rotatable bonds is 5. The zero-order valence-electron chi connectivity index (χ0n) is 18.4.